The summed E-state index contributed by atoms with van der Waals surface area (Å²) in [5.41, 5.74) is 1.49. The summed E-state index contributed by atoms with van der Waals surface area (Å²) < 4.78 is 6.48. The highest BCUT2D eigenvalue weighted by molar-refractivity contribution is 6.02. The topological polar surface area (TPSA) is 101 Å². The van der Waals surface area contributed by atoms with E-state index in [4.69, 9.17) is 4.74 Å². The van der Waals surface area contributed by atoms with Crippen molar-refractivity contribution >= 4 is 23.4 Å². The number of carbonyl (C=O) groups is 3. The van der Waals surface area contributed by atoms with Crippen LogP contribution in [0.1, 0.15) is 63.5 Å². The van der Waals surface area contributed by atoms with Crippen molar-refractivity contribution in [2.45, 2.75) is 82.7 Å². The van der Waals surface area contributed by atoms with Crippen LogP contribution in [0, 0.1) is 17.8 Å². The van der Waals surface area contributed by atoms with Crippen LogP contribution in [-0.2, 0) is 25.7 Å². The molecule has 8 heteroatoms. The molecule has 1 aromatic heterocycles. The number of likely N-dealkylation sites (tertiary alicyclic amines) is 1. The smallest absolute Gasteiger partial charge is 0.246 e. The Morgan fingerprint density at radius 1 is 1.12 bits per heavy atom. The van der Waals surface area contributed by atoms with Crippen LogP contribution in [-0.4, -0.2) is 51.4 Å². The minimum Gasteiger partial charge on any atom is -0.359 e. The summed E-state index contributed by atoms with van der Waals surface area (Å²) in [6.45, 7) is 6.63. The van der Waals surface area contributed by atoms with Gasteiger partial charge in [0.25, 0.3) is 0 Å². The molecule has 6 rings (SSSR count). The average molecular weight is 543 g/mol. The maximum absolute atomic E-state index is 14.2. The molecule has 1 saturated carbocycles. The van der Waals surface area contributed by atoms with E-state index in [9.17, 15) is 14.4 Å². The minimum atomic E-state index is -1.19. The molecule has 7 atom stereocenters. The van der Waals surface area contributed by atoms with Gasteiger partial charge < -0.3 is 20.3 Å². The Kier molecular flexibility index (Phi) is 6.98. The van der Waals surface area contributed by atoms with Crippen molar-refractivity contribution < 1.29 is 19.1 Å². The summed E-state index contributed by atoms with van der Waals surface area (Å²) in [6, 6.07) is 10.7. The van der Waals surface area contributed by atoms with Crippen LogP contribution in [0.25, 0.3) is 0 Å². The highest BCUT2D eigenvalue weighted by atomic mass is 16.5. The lowest BCUT2D eigenvalue weighted by Crippen LogP contribution is -2.57. The zero-order chi connectivity index (χ0) is 28.0. The van der Waals surface area contributed by atoms with Crippen LogP contribution in [0.5, 0.6) is 0 Å². The Balaban J connectivity index is 1.30. The number of benzene rings is 1. The number of amides is 3. The van der Waals surface area contributed by atoms with Crippen LogP contribution < -0.4 is 10.6 Å². The van der Waals surface area contributed by atoms with Crippen molar-refractivity contribution in [3.05, 3.63) is 72.1 Å². The van der Waals surface area contributed by atoms with E-state index in [1.165, 1.54) is 12.0 Å². The fraction of sp³-hybridized carbons (Fsp3) is 0.500. The first kappa shape index (κ1) is 26.7. The lowest BCUT2D eigenvalue weighted by molar-refractivity contribution is -0.142. The molecule has 3 aliphatic heterocycles. The van der Waals surface area contributed by atoms with Crippen LogP contribution in [0.3, 0.4) is 0 Å². The maximum Gasteiger partial charge on any atom is 0.246 e. The predicted octanol–water partition coefficient (Wildman–Crippen LogP) is 4.19. The van der Waals surface area contributed by atoms with E-state index in [1.807, 2.05) is 48.6 Å². The Bertz CT molecular complexity index is 1310. The molecule has 1 spiro atoms. The van der Waals surface area contributed by atoms with Gasteiger partial charge in [-0.2, -0.15) is 0 Å². The monoisotopic (exact) mass is 542 g/mol. The second kappa shape index (κ2) is 10.5. The van der Waals surface area contributed by atoms with Gasteiger partial charge >= 0.3 is 0 Å². The molecule has 2 saturated heterocycles. The number of fused-ring (bicyclic) bond motifs is 1. The average Bonchev–Trinajstić information content (AvgIpc) is 3.58. The summed E-state index contributed by atoms with van der Waals surface area (Å²) in [7, 11) is 0. The molecular formula is C32H38N4O4. The number of ether oxygens (including phenoxy) is 1. The number of carbonyl (C=O) groups excluding carboxylic acids is 3. The normalized spacial score (nSPS) is 32.4. The number of pyridine rings is 1. The molecule has 3 amide bonds. The van der Waals surface area contributed by atoms with Gasteiger partial charge in [-0.3, -0.25) is 19.4 Å². The van der Waals surface area contributed by atoms with Gasteiger partial charge in [-0.15, -0.1) is 0 Å². The molecule has 1 aliphatic carbocycles. The lowest BCUT2D eigenvalue weighted by atomic mass is 9.74. The molecule has 4 heterocycles. The highest BCUT2D eigenvalue weighted by Gasteiger charge is 2.72. The minimum absolute atomic E-state index is 0.0579. The standard InChI is InChI=1S/C32H38N4O4/c1-19(2)22-10-12-23(13-11-22)34-29(37)26-25-14-15-32(40-25)27(26)31(39)36(18-21-8-6-16-33-17-21)28(32)30(38)35-24-9-5-4-7-20(24)3/h6,8,10-17,19-20,24-28H,4-5,7,9,18H2,1-3H3,(H,34,37)(H,35,38). The summed E-state index contributed by atoms with van der Waals surface area (Å²) >= 11 is 0. The highest BCUT2D eigenvalue weighted by Crippen LogP contribution is 2.55. The van der Waals surface area contributed by atoms with Gasteiger partial charge in [-0.05, 0) is 54.0 Å². The van der Waals surface area contributed by atoms with Gasteiger partial charge in [-0.25, -0.2) is 0 Å². The fourth-order valence-electron chi connectivity index (χ4n) is 7.10. The summed E-state index contributed by atoms with van der Waals surface area (Å²) in [5.74, 6) is -1.48. The Hall–Kier alpha value is -3.52. The van der Waals surface area contributed by atoms with Crippen molar-refractivity contribution in [3.8, 4) is 0 Å². The van der Waals surface area contributed by atoms with Crippen LogP contribution >= 0.6 is 0 Å². The van der Waals surface area contributed by atoms with E-state index in [2.05, 4.69) is 36.4 Å². The van der Waals surface area contributed by atoms with E-state index in [0.29, 0.717) is 17.5 Å². The van der Waals surface area contributed by atoms with E-state index >= 15 is 0 Å². The van der Waals surface area contributed by atoms with Crippen LogP contribution in [0.4, 0.5) is 5.69 Å². The SMILES string of the molecule is CC(C)c1ccc(NC(=O)C2C3C=CC4(O3)C2C(=O)N(Cc2cccnc2)C4C(=O)NC2CCCCC2C)cc1. The van der Waals surface area contributed by atoms with Crippen LogP contribution in [0.15, 0.2) is 60.9 Å². The van der Waals surface area contributed by atoms with Gasteiger partial charge in [0.15, 0.2) is 0 Å². The quantitative estimate of drug-likeness (QED) is 0.511. The third kappa shape index (κ3) is 4.52. The maximum atomic E-state index is 14.2. The first-order chi connectivity index (χ1) is 19.3. The summed E-state index contributed by atoms with van der Waals surface area (Å²) in [6.07, 6.45) is 10.8. The molecule has 2 aromatic rings. The summed E-state index contributed by atoms with van der Waals surface area (Å²) in [5, 5.41) is 6.28. The first-order valence-corrected chi connectivity index (χ1v) is 14.6. The second-order valence-corrected chi connectivity index (χ2v) is 12.2. The van der Waals surface area contributed by atoms with Gasteiger partial charge in [-0.1, -0.05) is 64.0 Å². The lowest BCUT2D eigenvalue weighted by Gasteiger charge is -2.36. The molecule has 0 radical (unpaired) electrons. The molecule has 2 N–H and O–H groups in total. The Morgan fingerprint density at radius 2 is 1.90 bits per heavy atom. The third-order valence-electron chi connectivity index (χ3n) is 9.28. The Morgan fingerprint density at radius 3 is 2.60 bits per heavy atom. The van der Waals surface area contributed by atoms with Gasteiger partial charge in [0.1, 0.15) is 11.6 Å². The number of aromatic nitrogens is 1. The van der Waals surface area contributed by atoms with Gasteiger partial charge in [0.05, 0.1) is 17.9 Å². The number of hydrogen-bond donors (Lipinski definition) is 2. The summed E-state index contributed by atoms with van der Waals surface area (Å²) in [4.78, 5) is 47.7. The van der Waals surface area contributed by atoms with Crippen LogP contribution in [0.2, 0.25) is 0 Å². The van der Waals surface area contributed by atoms with Crippen molar-refractivity contribution in [1.82, 2.24) is 15.2 Å². The molecule has 1 aromatic carbocycles. The molecule has 3 fully saturated rings. The van der Waals surface area contributed by atoms with Crippen molar-refractivity contribution in [3.63, 3.8) is 0 Å². The molecule has 2 bridgehead atoms. The zero-order valence-corrected chi connectivity index (χ0v) is 23.4. The number of nitrogens with zero attached hydrogens (tertiary/aromatic N) is 2. The fourth-order valence-corrected chi connectivity index (χ4v) is 7.10. The predicted molar refractivity (Wildman–Crippen MR) is 151 cm³/mol. The van der Waals surface area contributed by atoms with Crippen molar-refractivity contribution in [2.24, 2.45) is 17.8 Å². The number of anilines is 1. The molecule has 4 aliphatic rings. The molecule has 210 valence electrons. The number of hydrogen-bond acceptors (Lipinski definition) is 5. The van der Waals surface area contributed by atoms with Crippen molar-refractivity contribution in [2.75, 3.05) is 5.32 Å². The molecule has 8 nitrogen and oxygen atoms in total. The Labute approximate surface area is 235 Å². The van der Waals surface area contributed by atoms with E-state index in [0.717, 1.165) is 24.8 Å². The van der Waals surface area contributed by atoms with E-state index in [1.54, 1.807) is 17.3 Å². The third-order valence-corrected chi connectivity index (χ3v) is 9.28. The molecular weight excluding hydrogens is 504 g/mol. The number of nitrogens with one attached hydrogen (secondary N) is 2. The molecule has 7 unspecified atom stereocenters. The first-order valence-electron chi connectivity index (χ1n) is 14.6. The number of rotatable bonds is 7. The van der Waals surface area contributed by atoms with E-state index < -0.39 is 29.6 Å². The van der Waals surface area contributed by atoms with Crippen molar-refractivity contribution in [1.29, 1.82) is 0 Å². The van der Waals surface area contributed by atoms with Gasteiger partial charge in [0, 0.05) is 30.7 Å². The van der Waals surface area contributed by atoms with E-state index in [-0.39, 0.29) is 30.3 Å². The second-order valence-electron chi connectivity index (χ2n) is 12.2. The zero-order valence-electron chi connectivity index (χ0n) is 23.4. The van der Waals surface area contributed by atoms with Gasteiger partial charge in [0.2, 0.25) is 17.7 Å². The molecule has 40 heavy (non-hydrogen) atoms. The largest absolute Gasteiger partial charge is 0.359 e.